The second-order valence-corrected chi connectivity index (χ2v) is 7.37. The Morgan fingerprint density at radius 1 is 1.20 bits per heavy atom. The summed E-state index contributed by atoms with van der Waals surface area (Å²) in [7, 11) is 0. The van der Waals surface area contributed by atoms with Gasteiger partial charge in [-0.25, -0.2) is 4.98 Å². The lowest BCUT2D eigenvalue weighted by molar-refractivity contribution is 0.0681. The van der Waals surface area contributed by atoms with Crippen molar-refractivity contribution in [1.82, 2.24) is 9.88 Å². The number of aryl methyl sites for hydroxylation is 1. The van der Waals surface area contributed by atoms with Crippen molar-refractivity contribution in [2.24, 2.45) is 11.7 Å². The molecule has 1 aromatic carbocycles. The minimum atomic E-state index is 0. The highest BCUT2D eigenvalue weighted by Gasteiger charge is 2.24. The quantitative estimate of drug-likeness (QED) is 0.834. The first-order valence-corrected chi connectivity index (χ1v) is 9.62. The van der Waals surface area contributed by atoms with Gasteiger partial charge in [-0.3, -0.25) is 4.79 Å². The summed E-state index contributed by atoms with van der Waals surface area (Å²) in [5, 5.41) is 2.83. The molecule has 1 aliphatic heterocycles. The summed E-state index contributed by atoms with van der Waals surface area (Å²) >= 11 is 1.53. The molecule has 4 nitrogen and oxygen atoms in total. The van der Waals surface area contributed by atoms with Crippen LogP contribution in [0.1, 0.15) is 40.3 Å². The van der Waals surface area contributed by atoms with Crippen molar-refractivity contribution < 1.29 is 4.79 Å². The molecule has 1 aliphatic rings. The Morgan fingerprint density at radius 2 is 1.92 bits per heavy atom. The maximum atomic E-state index is 12.5. The van der Waals surface area contributed by atoms with E-state index in [-0.39, 0.29) is 18.3 Å². The monoisotopic (exact) mass is 379 g/mol. The van der Waals surface area contributed by atoms with Crippen molar-refractivity contribution in [1.29, 1.82) is 0 Å². The van der Waals surface area contributed by atoms with E-state index in [2.05, 4.69) is 35.3 Å². The van der Waals surface area contributed by atoms with Gasteiger partial charge < -0.3 is 10.6 Å². The molecule has 0 aliphatic carbocycles. The number of benzene rings is 1. The molecule has 0 unspecified atom stereocenters. The van der Waals surface area contributed by atoms with Crippen LogP contribution in [0.25, 0.3) is 0 Å². The number of thiazole rings is 1. The molecule has 2 aromatic rings. The second kappa shape index (κ2) is 9.90. The molecule has 0 radical (unpaired) electrons. The predicted octanol–water partition coefficient (Wildman–Crippen LogP) is 3.55. The molecule has 2 heterocycles. The third kappa shape index (κ3) is 5.53. The van der Waals surface area contributed by atoms with Crippen LogP contribution in [-0.2, 0) is 12.8 Å². The Labute approximate surface area is 159 Å². The predicted molar refractivity (Wildman–Crippen MR) is 106 cm³/mol. The zero-order valence-corrected chi connectivity index (χ0v) is 16.0. The molecular formula is C19H26ClN3OS. The first-order valence-electron chi connectivity index (χ1n) is 8.74. The fourth-order valence-electron chi connectivity index (χ4n) is 3.25. The standard InChI is InChI=1S/C19H25N3OS.ClH/c20-11-8-18-21-17(14-24-18)19(23)22-12-9-16(10-13-22)7-6-15-4-2-1-3-5-15;/h1-5,14,16H,6-13,20H2;1H. The van der Waals surface area contributed by atoms with E-state index in [9.17, 15) is 4.79 Å². The normalized spacial score (nSPS) is 15.0. The van der Waals surface area contributed by atoms with E-state index in [1.54, 1.807) is 0 Å². The highest BCUT2D eigenvalue weighted by atomic mass is 35.5. The maximum Gasteiger partial charge on any atom is 0.273 e. The van der Waals surface area contributed by atoms with Gasteiger partial charge in [0.2, 0.25) is 0 Å². The Hall–Kier alpha value is -1.43. The number of carbonyl (C=O) groups excluding carboxylic acids is 1. The lowest BCUT2D eigenvalue weighted by Gasteiger charge is -2.31. The van der Waals surface area contributed by atoms with Gasteiger partial charge in [-0.15, -0.1) is 23.7 Å². The van der Waals surface area contributed by atoms with E-state index >= 15 is 0 Å². The Morgan fingerprint density at radius 3 is 2.60 bits per heavy atom. The molecule has 0 spiro atoms. The van der Waals surface area contributed by atoms with Crippen LogP contribution in [0.15, 0.2) is 35.7 Å². The van der Waals surface area contributed by atoms with Crippen LogP contribution in [0.5, 0.6) is 0 Å². The third-order valence-electron chi connectivity index (χ3n) is 4.71. The largest absolute Gasteiger partial charge is 0.337 e. The summed E-state index contributed by atoms with van der Waals surface area (Å²) in [6, 6.07) is 10.7. The average Bonchev–Trinajstić information content (AvgIpc) is 3.10. The molecule has 0 saturated carbocycles. The third-order valence-corrected chi connectivity index (χ3v) is 5.62. The number of amides is 1. The van der Waals surface area contributed by atoms with Crippen LogP contribution >= 0.6 is 23.7 Å². The molecular weight excluding hydrogens is 354 g/mol. The molecule has 1 saturated heterocycles. The maximum absolute atomic E-state index is 12.5. The van der Waals surface area contributed by atoms with Gasteiger partial charge in [-0.2, -0.15) is 0 Å². The molecule has 1 amide bonds. The molecule has 2 N–H and O–H groups in total. The van der Waals surface area contributed by atoms with E-state index in [0.717, 1.165) is 49.7 Å². The number of nitrogens with zero attached hydrogens (tertiary/aromatic N) is 2. The number of halogens is 1. The minimum absolute atomic E-state index is 0. The van der Waals surface area contributed by atoms with Gasteiger partial charge in [0.05, 0.1) is 5.01 Å². The highest BCUT2D eigenvalue weighted by molar-refractivity contribution is 7.09. The highest BCUT2D eigenvalue weighted by Crippen LogP contribution is 2.24. The van der Waals surface area contributed by atoms with E-state index < -0.39 is 0 Å². The van der Waals surface area contributed by atoms with Crippen molar-refractivity contribution in [3.8, 4) is 0 Å². The topological polar surface area (TPSA) is 59.2 Å². The van der Waals surface area contributed by atoms with Crippen LogP contribution in [0.3, 0.4) is 0 Å². The van der Waals surface area contributed by atoms with Crippen LogP contribution < -0.4 is 5.73 Å². The first kappa shape index (κ1) is 19.9. The second-order valence-electron chi connectivity index (χ2n) is 6.43. The summed E-state index contributed by atoms with van der Waals surface area (Å²) in [4.78, 5) is 18.9. The van der Waals surface area contributed by atoms with Crippen molar-refractivity contribution in [2.45, 2.75) is 32.1 Å². The van der Waals surface area contributed by atoms with Crippen molar-refractivity contribution in [3.63, 3.8) is 0 Å². The van der Waals surface area contributed by atoms with Gasteiger partial charge in [0.1, 0.15) is 5.69 Å². The lowest BCUT2D eigenvalue weighted by atomic mass is 9.90. The van der Waals surface area contributed by atoms with Gasteiger partial charge in [0.25, 0.3) is 5.91 Å². The summed E-state index contributed by atoms with van der Waals surface area (Å²) in [6.07, 6.45) is 5.29. The van der Waals surface area contributed by atoms with E-state index in [4.69, 9.17) is 5.73 Å². The van der Waals surface area contributed by atoms with Crippen LogP contribution in [-0.4, -0.2) is 35.4 Å². The fourth-order valence-corrected chi connectivity index (χ4v) is 4.04. The van der Waals surface area contributed by atoms with Gasteiger partial charge >= 0.3 is 0 Å². The molecule has 25 heavy (non-hydrogen) atoms. The van der Waals surface area contributed by atoms with Gasteiger partial charge in [-0.1, -0.05) is 30.3 Å². The van der Waals surface area contributed by atoms with Gasteiger partial charge in [-0.05, 0) is 43.7 Å². The molecule has 6 heteroatoms. The number of rotatable bonds is 6. The number of aromatic nitrogens is 1. The SMILES string of the molecule is Cl.NCCc1nc(C(=O)N2CCC(CCc3ccccc3)CC2)cs1. The molecule has 1 fully saturated rings. The lowest BCUT2D eigenvalue weighted by Crippen LogP contribution is -2.38. The fraction of sp³-hybridized carbons (Fsp3) is 0.474. The Balaban J connectivity index is 0.00000225. The molecule has 0 bridgehead atoms. The van der Waals surface area contributed by atoms with Crippen LogP contribution in [0.2, 0.25) is 0 Å². The van der Waals surface area contributed by atoms with Crippen LogP contribution in [0.4, 0.5) is 0 Å². The Bertz CT molecular complexity index is 654. The van der Waals surface area contributed by atoms with E-state index in [1.807, 2.05) is 10.3 Å². The zero-order valence-electron chi connectivity index (χ0n) is 14.4. The van der Waals surface area contributed by atoms with Crippen molar-refractivity contribution in [3.05, 3.63) is 52.0 Å². The number of nitrogens with two attached hydrogens (primary N) is 1. The van der Waals surface area contributed by atoms with Gasteiger partial charge in [0.15, 0.2) is 0 Å². The molecule has 3 rings (SSSR count). The smallest absolute Gasteiger partial charge is 0.273 e. The summed E-state index contributed by atoms with van der Waals surface area (Å²) in [5.74, 6) is 0.800. The summed E-state index contributed by atoms with van der Waals surface area (Å²) in [5.41, 5.74) is 7.54. The number of hydrogen-bond acceptors (Lipinski definition) is 4. The van der Waals surface area contributed by atoms with Gasteiger partial charge in [0, 0.05) is 24.9 Å². The van der Waals surface area contributed by atoms with Crippen molar-refractivity contribution >= 4 is 29.7 Å². The van der Waals surface area contributed by atoms with Crippen molar-refractivity contribution in [2.75, 3.05) is 19.6 Å². The number of hydrogen-bond donors (Lipinski definition) is 1. The van der Waals surface area contributed by atoms with E-state index in [0.29, 0.717) is 12.2 Å². The molecule has 136 valence electrons. The first-order chi connectivity index (χ1) is 11.8. The van der Waals surface area contributed by atoms with E-state index in [1.165, 1.54) is 23.3 Å². The summed E-state index contributed by atoms with van der Waals surface area (Å²) in [6.45, 7) is 2.28. The molecule has 1 aromatic heterocycles. The Kier molecular flexibility index (Phi) is 7.88. The zero-order chi connectivity index (χ0) is 16.8. The minimum Gasteiger partial charge on any atom is -0.337 e. The summed E-state index contributed by atoms with van der Waals surface area (Å²) < 4.78 is 0. The number of piperidine rings is 1. The molecule has 0 atom stereocenters. The van der Waals surface area contributed by atoms with Crippen LogP contribution in [0, 0.1) is 5.92 Å². The number of likely N-dealkylation sites (tertiary alicyclic amines) is 1. The number of carbonyl (C=O) groups is 1. The average molecular weight is 380 g/mol.